The summed E-state index contributed by atoms with van der Waals surface area (Å²) in [6, 6.07) is 10.2. The molecule has 0 bridgehead atoms. The molecule has 4 rings (SSSR count). The highest BCUT2D eigenvalue weighted by molar-refractivity contribution is 7.16. The number of carbonyl (C=O) groups excluding carboxylic acids is 1. The lowest BCUT2D eigenvalue weighted by Gasteiger charge is -2.39. The molecule has 0 radical (unpaired) electrons. The molecular formula is C17H17ClN4OS. The number of anilines is 1. The number of aromatic nitrogens is 2. The number of amides is 1. The monoisotopic (exact) mass is 360 g/mol. The Kier molecular flexibility index (Phi) is 4.04. The van der Waals surface area contributed by atoms with Gasteiger partial charge in [-0.25, -0.2) is 0 Å². The van der Waals surface area contributed by atoms with Crippen LogP contribution in [-0.2, 0) is 11.3 Å². The summed E-state index contributed by atoms with van der Waals surface area (Å²) in [5.74, 6) is 0.120. The van der Waals surface area contributed by atoms with E-state index in [1.807, 2.05) is 35.2 Å². The number of thiophene rings is 1. The SMILES string of the molecule is CC1CN(c2ccc3cn[nH]c3c2)C(=O)CN1Cc1ccc(Cl)s1. The average Bonchev–Trinajstić information content (AvgIpc) is 3.18. The number of aromatic amines is 1. The van der Waals surface area contributed by atoms with Crippen LogP contribution in [-0.4, -0.2) is 40.1 Å². The summed E-state index contributed by atoms with van der Waals surface area (Å²) in [6.07, 6.45) is 1.79. The maximum Gasteiger partial charge on any atom is 0.241 e. The van der Waals surface area contributed by atoms with Gasteiger partial charge in [0, 0.05) is 35.1 Å². The van der Waals surface area contributed by atoms with E-state index in [-0.39, 0.29) is 11.9 Å². The molecule has 0 aliphatic carbocycles. The normalized spacial score (nSPS) is 19.3. The number of nitrogens with zero attached hydrogens (tertiary/aromatic N) is 3. The Bertz CT molecular complexity index is 889. The second-order valence-corrected chi connectivity index (χ2v) is 7.91. The summed E-state index contributed by atoms with van der Waals surface area (Å²) in [5, 5.41) is 8.04. The van der Waals surface area contributed by atoms with Crippen molar-refractivity contribution >= 4 is 45.4 Å². The zero-order valence-corrected chi connectivity index (χ0v) is 14.8. The Morgan fingerprint density at radius 1 is 1.38 bits per heavy atom. The van der Waals surface area contributed by atoms with E-state index in [0.29, 0.717) is 13.1 Å². The predicted molar refractivity (Wildman–Crippen MR) is 97.6 cm³/mol. The Hall–Kier alpha value is -1.89. The molecule has 5 nitrogen and oxygen atoms in total. The number of nitrogens with one attached hydrogen (secondary N) is 1. The van der Waals surface area contributed by atoms with Gasteiger partial charge in [-0.05, 0) is 37.3 Å². The van der Waals surface area contributed by atoms with Crippen molar-refractivity contribution in [2.75, 3.05) is 18.0 Å². The standard InChI is InChI=1S/C17H17ClN4OS/c1-11-8-22(13-3-2-12-7-19-20-15(12)6-13)17(23)10-21(11)9-14-4-5-16(18)24-14/h2-7,11H,8-10H2,1H3,(H,19,20). The molecule has 1 aliphatic rings. The maximum atomic E-state index is 12.7. The molecule has 3 aromatic rings. The summed E-state index contributed by atoms with van der Waals surface area (Å²) in [4.78, 5) is 17.9. The molecule has 1 saturated heterocycles. The van der Waals surface area contributed by atoms with Crippen LogP contribution in [0.2, 0.25) is 4.34 Å². The van der Waals surface area contributed by atoms with Crippen LogP contribution in [0.4, 0.5) is 5.69 Å². The highest BCUT2D eigenvalue weighted by Gasteiger charge is 2.30. The van der Waals surface area contributed by atoms with Crippen LogP contribution < -0.4 is 4.90 Å². The first kappa shape index (κ1) is 15.6. The molecule has 1 aromatic carbocycles. The number of H-pyrrole nitrogens is 1. The van der Waals surface area contributed by atoms with E-state index in [1.165, 1.54) is 4.88 Å². The van der Waals surface area contributed by atoms with E-state index in [1.54, 1.807) is 17.5 Å². The first-order valence-corrected chi connectivity index (χ1v) is 9.01. The molecular weight excluding hydrogens is 344 g/mol. The number of piperazine rings is 1. The molecule has 1 amide bonds. The van der Waals surface area contributed by atoms with E-state index in [2.05, 4.69) is 22.0 Å². The van der Waals surface area contributed by atoms with Crippen LogP contribution in [0.1, 0.15) is 11.8 Å². The third-order valence-corrected chi connectivity index (χ3v) is 5.65. The third kappa shape index (κ3) is 2.92. The van der Waals surface area contributed by atoms with Gasteiger partial charge in [-0.3, -0.25) is 14.8 Å². The molecule has 1 fully saturated rings. The average molecular weight is 361 g/mol. The van der Waals surface area contributed by atoms with E-state index in [4.69, 9.17) is 11.6 Å². The lowest BCUT2D eigenvalue weighted by atomic mass is 10.1. The van der Waals surface area contributed by atoms with Crippen molar-refractivity contribution in [2.45, 2.75) is 19.5 Å². The van der Waals surface area contributed by atoms with Gasteiger partial charge in [0.2, 0.25) is 5.91 Å². The summed E-state index contributed by atoms with van der Waals surface area (Å²) in [7, 11) is 0. The minimum absolute atomic E-state index is 0.120. The molecule has 0 spiro atoms. The van der Waals surface area contributed by atoms with Crippen molar-refractivity contribution in [2.24, 2.45) is 0 Å². The number of rotatable bonds is 3. The smallest absolute Gasteiger partial charge is 0.241 e. The van der Waals surface area contributed by atoms with Gasteiger partial charge in [0.05, 0.1) is 22.6 Å². The first-order chi connectivity index (χ1) is 11.6. The van der Waals surface area contributed by atoms with Gasteiger partial charge in [0.25, 0.3) is 0 Å². The van der Waals surface area contributed by atoms with Crippen molar-refractivity contribution in [3.63, 3.8) is 0 Å². The van der Waals surface area contributed by atoms with Crippen LogP contribution in [0.5, 0.6) is 0 Å². The fourth-order valence-electron chi connectivity index (χ4n) is 3.09. The predicted octanol–water partition coefficient (Wildman–Crippen LogP) is 3.52. The summed E-state index contributed by atoms with van der Waals surface area (Å²) in [5.41, 5.74) is 1.87. The van der Waals surface area contributed by atoms with Gasteiger partial charge < -0.3 is 4.90 Å². The third-order valence-electron chi connectivity index (χ3n) is 4.43. The number of carbonyl (C=O) groups is 1. The first-order valence-electron chi connectivity index (χ1n) is 7.82. The van der Waals surface area contributed by atoms with Crippen LogP contribution in [0.3, 0.4) is 0 Å². The number of fused-ring (bicyclic) bond motifs is 1. The van der Waals surface area contributed by atoms with Crippen molar-refractivity contribution in [1.82, 2.24) is 15.1 Å². The minimum atomic E-state index is 0.120. The van der Waals surface area contributed by atoms with Gasteiger partial charge >= 0.3 is 0 Å². The van der Waals surface area contributed by atoms with Crippen molar-refractivity contribution in [3.05, 3.63) is 45.7 Å². The fourth-order valence-corrected chi connectivity index (χ4v) is 4.20. The molecule has 1 atom stereocenters. The van der Waals surface area contributed by atoms with Crippen molar-refractivity contribution in [1.29, 1.82) is 0 Å². The number of halogens is 1. The van der Waals surface area contributed by atoms with Gasteiger partial charge in [-0.1, -0.05) is 11.6 Å². The summed E-state index contributed by atoms with van der Waals surface area (Å²) >= 11 is 7.57. The zero-order valence-electron chi connectivity index (χ0n) is 13.2. The van der Waals surface area contributed by atoms with Gasteiger partial charge in [0.1, 0.15) is 0 Å². The highest BCUT2D eigenvalue weighted by Crippen LogP contribution is 2.27. The molecule has 7 heteroatoms. The molecule has 124 valence electrons. The minimum Gasteiger partial charge on any atom is -0.310 e. The lowest BCUT2D eigenvalue weighted by Crippen LogP contribution is -2.54. The summed E-state index contributed by atoms with van der Waals surface area (Å²) < 4.78 is 0.787. The molecule has 0 saturated carbocycles. The van der Waals surface area contributed by atoms with Crippen molar-refractivity contribution in [3.8, 4) is 0 Å². The van der Waals surface area contributed by atoms with Crippen LogP contribution in [0.25, 0.3) is 10.9 Å². The van der Waals surface area contributed by atoms with Crippen molar-refractivity contribution < 1.29 is 4.79 Å². The lowest BCUT2D eigenvalue weighted by molar-refractivity contribution is -0.122. The van der Waals surface area contributed by atoms with Crippen LogP contribution in [0, 0.1) is 0 Å². The molecule has 1 N–H and O–H groups in total. The van der Waals surface area contributed by atoms with Crippen LogP contribution >= 0.6 is 22.9 Å². The Morgan fingerprint density at radius 3 is 3.04 bits per heavy atom. The maximum absolute atomic E-state index is 12.7. The van der Waals surface area contributed by atoms with Gasteiger partial charge in [-0.2, -0.15) is 5.10 Å². The van der Waals surface area contributed by atoms with E-state index >= 15 is 0 Å². The fraction of sp³-hybridized carbons (Fsp3) is 0.294. The summed E-state index contributed by atoms with van der Waals surface area (Å²) in [6.45, 7) is 4.01. The Balaban J connectivity index is 1.52. The Morgan fingerprint density at radius 2 is 2.25 bits per heavy atom. The topological polar surface area (TPSA) is 52.2 Å². The molecule has 1 aliphatic heterocycles. The largest absolute Gasteiger partial charge is 0.310 e. The highest BCUT2D eigenvalue weighted by atomic mass is 35.5. The second kappa shape index (κ2) is 6.20. The van der Waals surface area contributed by atoms with Gasteiger partial charge in [-0.15, -0.1) is 11.3 Å². The van der Waals surface area contributed by atoms with Gasteiger partial charge in [0.15, 0.2) is 0 Å². The van der Waals surface area contributed by atoms with E-state index < -0.39 is 0 Å². The quantitative estimate of drug-likeness (QED) is 0.777. The molecule has 3 heterocycles. The zero-order chi connectivity index (χ0) is 16.7. The number of hydrogen-bond donors (Lipinski definition) is 1. The molecule has 2 aromatic heterocycles. The Labute approximate surface area is 148 Å². The van der Waals surface area contributed by atoms with Crippen LogP contribution in [0.15, 0.2) is 36.5 Å². The van der Waals surface area contributed by atoms with E-state index in [9.17, 15) is 4.79 Å². The number of benzene rings is 1. The second-order valence-electron chi connectivity index (χ2n) is 6.11. The molecule has 24 heavy (non-hydrogen) atoms. The van der Waals surface area contributed by atoms with E-state index in [0.717, 1.165) is 27.5 Å². The number of hydrogen-bond acceptors (Lipinski definition) is 4. The molecule has 1 unspecified atom stereocenters.